The molecule has 0 unspecified atom stereocenters. The summed E-state index contributed by atoms with van der Waals surface area (Å²) in [5, 5.41) is 0. The van der Waals surface area contributed by atoms with Crippen LogP contribution in [0.2, 0.25) is 0 Å². The molecule has 0 N–H and O–H groups in total. The van der Waals surface area contributed by atoms with Gasteiger partial charge in [0, 0.05) is 15.2 Å². The standard InChI is InChI=1S/C34H47B2NO4S2/c1-10-11-12-13-14-15-16-23-17-19-24(20-18-23)37-25-21-27(35-38-31(2,3)32(4,5)39-35)42-29(25)30-26(37)22-28(43-30)36-40-33(6,7)34(8,9)41-36/h17-22H,10-16H2,1-9H3. The van der Waals surface area contributed by atoms with Crippen molar-refractivity contribution in [1.82, 2.24) is 4.57 Å². The Labute approximate surface area is 266 Å². The van der Waals surface area contributed by atoms with Crippen LogP contribution in [0.3, 0.4) is 0 Å². The average molecular weight is 620 g/mol. The largest absolute Gasteiger partial charge is 0.505 e. The van der Waals surface area contributed by atoms with E-state index in [-0.39, 0.29) is 36.6 Å². The van der Waals surface area contributed by atoms with Gasteiger partial charge in [0.1, 0.15) is 0 Å². The van der Waals surface area contributed by atoms with Gasteiger partial charge in [0.2, 0.25) is 0 Å². The van der Waals surface area contributed by atoms with E-state index in [0.29, 0.717) is 0 Å². The molecule has 1 aromatic carbocycles. The Morgan fingerprint density at radius 2 is 1.02 bits per heavy atom. The normalized spacial score (nSPS) is 20.7. The molecular weight excluding hydrogens is 572 g/mol. The van der Waals surface area contributed by atoms with Crippen molar-refractivity contribution in [3.8, 4) is 5.69 Å². The zero-order valence-corrected chi connectivity index (χ0v) is 29.1. The predicted octanol–water partition coefficient (Wildman–Crippen LogP) is 8.41. The number of unbranched alkanes of at least 4 members (excludes halogenated alkanes) is 5. The second-order valence-corrected chi connectivity index (χ2v) is 16.6. The van der Waals surface area contributed by atoms with E-state index in [1.807, 2.05) is 0 Å². The third-order valence-electron chi connectivity index (χ3n) is 10.1. The summed E-state index contributed by atoms with van der Waals surface area (Å²) in [6.07, 6.45) is 9.06. The first-order valence-corrected chi connectivity index (χ1v) is 17.7. The molecule has 2 aliphatic heterocycles. The van der Waals surface area contributed by atoms with E-state index >= 15 is 0 Å². The first-order chi connectivity index (χ1) is 20.2. The monoisotopic (exact) mass is 619 g/mol. The zero-order chi connectivity index (χ0) is 30.8. The van der Waals surface area contributed by atoms with Crippen molar-refractivity contribution in [3.63, 3.8) is 0 Å². The quantitative estimate of drug-likeness (QED) is 0.132. The van der Waals surface area contributed by atoms with E-state index in [1.165, 1.54) is 70.2 Å². The molecule has 9 heteroatoms. The van der Waals surface area contributed by atoms with Gasteiger partial charge in [-0.2, -0.15) is 0 Å². The van der Waals surface area contributed by atoms with Gasteiger partial charge in [-0.3, -0.25) is 0 Å². The molecule has 0 bridgehead atoms. The molecule has 43 heavy (non-hydrogen) atoms. The van der Waals surface area contributed by atoms with Gasteiger partial charge in [-0.1, -0.05) is 51.2 Å². The van der Waals surface area contributed by atoms with Crippen molar-refractivity contribution in [2.75, 3.05) is 0 Å². The minimum absolute atomic E-state index is 0.379. The third-order valence-corrected chi connectivity index (χ3v) is 12.6. The van der Waals surface area contributed by atoms with Crippen LogP contribution in [-0.4, -0.2) is 41.2 Å². The molecule has 0 atom stereocenters. The molecule has 0 amide bonds. The van der Waals surface area contributed by atoms with Crippen molar-refractivity contribution >= 4 is 66.9 Å². The average Bonchev–Trinajstić information content (AvgIpc) is 3.68. The van der Waals surface area contributed by atoms with Gasteiger partial charge in [0.05, 0.1) is 42.8 Å². The van der Waals surface area contributed by atoms with Crippen LogP contribution < -0.4 is 9.55 Å². The molecular formula is C34H47B2NO4S2. The zero-order valence-electron chi connectivity index (χ0n) is 27.5. The molecule has 6 rings (SSSR count). The Morgan fingerprint density at radius 3 is 1.47 bits per heavy atom. The lowest BCUT2D eigenvalue weighted by atomic mass is 9.88. The fraction of sp³-hybridized carbons (Fsp3) is 0.588. The Kier molecular flexibility index (Phi) is 8.26. The first-order valence-electron chi connectivity index (χ1n) is 16.1. The molecule has 0 radical (unpaired) electrons. The van der Waals surface area contributed by atoms with Gasteiger partial charge in [-0.25, -0.2) is 0 Å². The molecule has 2 aliphatic rings. The summed E-state index contributed by atoms with van der Waals surface area (Å²) in [6.45, 7) is 19.2. The fourth-order valence-electron chi connectivity index (χ4n) is 5.94. The van der Waals surface area contributed by atoms with E-state index < -0.39 is 0 Å². The van der Waals surface area contributed by atoms with Crippen LogP contribution in [0.1, 0.15) is 106 Å². The number of thiophene rings is 2. The van der Waals surface area contributed by atoms with E-state index in [2.05, 4.69) is 103 Å². The summed E-state index contributed by atoms with van der Waals surface area (Å²) >= 11 is 3.55. The molecule has 0 saturated carbocycles. The minimum atomic E-state index is -0.381. The van der Waals surface area contributed by atoms with Crippen LogP contribution in [0.15, 0.2) is 36.4 Å². The Hall–Kier alpha value is -1.61. The molecule has 3 aromatic heterocycles. The highest BCUT2D eigenvalue weighted by Crippen LogP contribution is 2.42. The van der Waals surface area contributed by atoms with Gasteiger partial charge >= 0.3 is 14.2 Å². The molecule has 2 saturated heterocycles. The molecule has 0 aliphatic carbocycles. The number of hydrogen-bond acceptors (Lipinski definition) is 6. The van der Waals surface area contributed by atoms with Crippen LogP contribution in [0.4, 0.5) is 0 Å². The second-order valence-electron chi connectivity index (χ2n) is 14.4. The molecule has 5 nitrogen and oxygen atoms in total. The highest BCUT2D eigenvalue weighted by molar-refractivity contribution is 7.35. The van der Waals surface area contributed by atoms with Crippen LogP contribution in [0.5, 0.6) is 0 Å². The summed E-state index contributed by atoms with van der Waals surface area (Å²) in [4.78, 5) is 0. The highest BCUT2D eigenvalue weighted by Gasteiger charge is 2.53. The second kappa shape index (κ2) is 11.3. The van der Waals surface area contributed by atoms with Gasteiger partial charge in [0.15, 0.2) is 0 Å². The van der Waals surface area contributed by atoms with E-state index in [9.17, 15) is 0 Å². The van der Waals surface area contributed by atoms with Crippen LogP contribution in [0.25, 0.3) is 26.1 Å². The van der Waals surface area contributed by atoms with Crippen molar-refractivity contribution in [3.05, 3.63) is 42.0 Å². The first kappa shape index (κ1) is 31.4. The molecule has 2 fully saturated rings. The number of rotatable bonds is 10. The van der Waals surface area contributed by atoms with Crippen LogP contribution in [-0.2, 0) is 25.0 Å². The molecule has 5 heterocycles. The Balaban J connectivity index is 1.35. The highest BCUT2D eigenvalue weighted by atomic mass is 32.1. The van der Waals surface area contributed by atoms with Gasteiger partial charge < -0.3 is 23.2 Å². The SMILES string of the molecule is CCCCCCCCc1ccc(-n2c3cc(B4OC(C)(C)C(C)(C)O4)sc3c3sc(B4OC(C)(C)C(C)(C)O4)cc32)cc1. The van der Waals surface area contributed by atoms with Crippen molar-refractivity contribution in [1.29, 1.82) is 0 Å². The number of hydrogen-bond donors (Lipinski definition) is 0. The maximum Gasteiger partial charge on any atom is 0.505 e. The maximum atomic E-state index is 6.47. The molecule has 4 aromatic rings. The lowest BCUT2D eigenvalue weighted by Crippen LogP contribution is -2.41. The van der Waals surface area contributed by atoms with Crippen molar-refractivity contribution in [2.45, 2.75) is 130 Å². The number of aromatic nitrogens is 1. The number of aryl methyl sites for hydroxylation is 1. The maximum absolute atomic E-state index is 6.47. The number of benzene rings is 1. The van der Waals surface area contributed by atoms with Crippen LogP contribution >= 0.6 is 22.7 Å². The van der Waals surface area contributed by atoms with Crippen molar-refractivity contribution in [2.24, 2.45) is 0 Å². The van der Waals surface area contributed by atoms with Gasteiger partial charge in [-0.15, -0.1) is 22.7 Å². The van der Waals surface area contributed by atoms with Gasteiger partial charge in [0.25, 0.3) is 0 Å². The van der Waals surface area contributed by atoms with E-state index in [4.69, 9.17) is 18.6 Å². The summed E-state index contributed by atoms with van der Waals surface area (Å²) in [5.41, 5.74) is 3.45. The van der Waals surface area contributed by atoms with E-state index in [1.54, 1.807) is 22.7 Å². The summed E-state index contributed by atoms with van der Waals surface area (Å²) < 4.78 is 33.0. The Bertz CT molecular complexity index is 1480. The third kappa shape index (κ3) is 5.68. The lowest BCUT2D eigenvalue weighted by Gasteiger charge is -2.32. The van der Waals surface area contributed by atoms with E-state index in [0.717, 1.165) is 16.0 Å². The van der Waals surface area contributed by atoms with Gasteiger partial charge in [-0.05, 0) is 98.1 Å². The minimum Gasteiger partial charge on any atom is -0.399 e. The number of nitrogens with zero attached hydrogens (tertiary/aromatic N) is 1. The summed E-state index contributed by atoms with van der Waals surface area (Å²) in [5.74, 6) is 0. The molecule has 0 spiro atoms. The Morgan fingerprint density at radius 1 is 0.605 bits per heavy atom. The summed E-state index contributed by atoms with van der Waals surface area (Å²) in [6, 6.07) is 13.7. The molecule has 230 valence electrons. The predicted molar refractivity (Wildman–Crippen MR) is 185 cm³/mol. The lowest BCUT2D eigenvalue weighted by molar-refractivity contribution is 0.00578. The van der Waals surface area contributed by atoms with Crippen molar-refractivity contribution < 1.29 is 18.6 Å². The summed E-state index contributed by atoms with van der Waals surface area (Å²) in [7, 11) is -0.763. The fourth-order valence-corrected chi connectivity index (χ4v) is 8.29. The van der Waals surface area contributed by atoms with Crippen LogP contribution in [0, 0.1) is 0 Å². The smallest absolute Gasteiger partial charge is 0.399 e. The topological polar surface area (TPSA) is 41.9 Å². The number of fused-ring (bicyclic) bond motifs is 3.